The first-order valence-corrected chi connectivity index (χ1v) is 11.4. The summed E-state index contributed by atoms with van der Waals surface area (Å²) in [5.41, 5.74) is 7.75. The van der Waals surface area contributed by atoms with Crippen molar-refractivity contribution in [2.24, 2.45) is 0 Å². The molecule has 1 aliphatic heterocycles. The maximum atomic E-state index is 5.34. The molecule has 0 fully saturated rings. The van der Waals surface area contributed by atoms with Crippen molar-refractivity contribution >= 4 is 32.6 Å². The van der Waals surface area contributed by atoms with E-state index in [9.17, 15) is 0 Å². The molecule has 3 heterocycles. The average molecular weight is 406 g/mol. The van der Waals surface area contributed by atoms with Gasteiger partial charge in [0.2, 0.25) is 0 Å². The van der Waals surface area contributed by atoms with Crippen LogP contribution in [0.1, 0.15) is 25.0 Å². The first kappa shape index (κ1) is 18.6. The van der Waals surface area contributed by atoms with Crippen LogP contribution >= 0.6 is 0 Å². The van der Waals surface area contributed by atoms with Gasteiger partial charge in [-0.15, -0.1) is 0 Å². The topological polar surface area (TPSA) is 21.1 Å². The minimum atomic E-state index is 0.960. The molecular weight excluding hydrogens is 378 g/mol. The highest BCUT2D eigenvalue weighted by Gasteiger charge is 2.25. The molecule has 0 aliphatic carbocycles. The lowest BCUT2D eigenvalue weighted by Gasteiger charge is -2.30. The molecule has 2 aromatic heterocycles. The van der Waals surface area contributed by atoms with Crippen molar-refractivity contribution in [3.63, 3.8) is 0 Å². The van der Waals surface area contributed by atoms with E-state index in [0.717, 1.165) is 38.1 Å². The molecule has 0 atom stereocenters. The second-order valence-corrected chi connectivity index (χ2v) is 8.56. The fourth-order valence-corrected chi connectivity index (χ4v) is 5.36. The number of aromatic nitrogens is 2. The van der Waals surface area contributed by atoms with Crippen LogP contribution in [0, 0.1) is 0 Å². The van der Waals surface area contributed by atoms with Crippen LogP contribution in [0.2, 0.25) is 0 Å². The number of likely N-dealkylation sites (N-methyl/N-ethyl adjacent to an activating group) is 1. The van der Waals surface area contributed by atoms with Crippen molar-refractivity contribution in [2.75, 3.05) is 13.1 Å². The predicted octanol–water partition coefficient (Wildman–Crippen LogP) is 6.41. The summed E-state index contributed by atoms with van der Waals surface area (Å²) in [4.78, 5) is 7.88. The highest BCUT2D eigenvalue weighted by Crippen LogP contribution is 2.39. The third-order valence-electron chi connectivity index (χ3n) is 6.98. The zero-order valence-corrected chi connectivity index (χ0v) is 18.2. The number of para-hydroxylation sites is 1. The van der Waals surface area contributed by atoms with Crippen LogP contribution in [0.15, 0.2) is 66.9 Å². The molecule has 0 radical (unpaired) electrons. The molecule has 3 nitrogen and oxygen atoms in total. The molecule has 0 N–H and O–H groups in total. The maximum absolute atomic E-state index is 5.34. The van der Waals surface area contributed by atoms with Crippen LogP contribution in [0.5, 0.6) is 0 Å². The molecule has 0 spiro atoms. The van der Waals surface area contributed by atoms with Gasteiger partial charge in [0.05, 0.1) is 11.2 Å². The Morgan fingerprint density at radius 2 is 1.65 bits per heavy atom. The van der Waals surface area contributed by atoms with Crippen LogP contribution in [-0.2, 0) is 19.5 Å². The Bertz CT molecular complexity index is 1440. The van der Waals surface area contributed by atoms with E-state index in [0.29, 0.717) is 0 Å². The summed E-state index contributed by atoms with van der Waals surface area (Å²) in [6.45, 7) is 8.59. The van der Waals surface area contributed by atoms with Gasteiger partial charge in [0.15, 0.2) is 0 Å². The Balaban J connectivity index is 1.72. The first-order chi connectivity index (χ1) is 15.3. The van der Waals surface area contributed by atoms with Gasteiger partial charge < -0.3 is 4.57 Å². The molecule has 1 aliphatic rings. The predicted molar refractivity (Wildman–Crippen MR) is 131 cm³/mol. The number of benzene rings is 3. The van der Waals surface area contributed by atoms with Crippen molar-refractivity contribution in [2.45, 2.75) is 33.4 Å². The van der Waals surface area contributed by atoms with Gasteiger partial charge in [-0.25, -0.2) is 4.98 Å². The third-order valence-corrected chi connectivity index (χ3v) is 6.98. The number of nitrogens with zero attached hydrogens (tertiary/aromatic N) is 3. The minimum Gasteiger partial charge on any atom is -0.347 e. The summed E-state index contributed by atoms with van der Waals surface area (Å²) in [6, 6.07) is 21.9. The molecule has 0 unspecified atom stereocenters. The van der Waals surface area contributed by atoms with Crippen molar-refractivity contribution < 1.29 is 0 Å². The molecule has 0 saturated carbocycles. The first-order valence-electron chi connectivity index (χ1n) is 11.4. The third kappa shape index (κ3) is 2.80. The fourth-order valence-electron chi connectivity index (χ4n) is 5.36. The quantitative estimate of drug-likeness (QED) is 0.324. The smallest absolute Gasteiger partial charge is 0.0779 e. The van der Waals surface area contributed by atoms with Crippen molar-refractivity contribution in [3.05, 3.63) is 78.0 Å². The lowest BCUT2D eigenvalue weighted by Crippen LogP contribution is -2.31. The Labute approximate surface area is 182 Å². The maximum Gasteiger partial charge on any atom is 0.0779 e. The Kier molecular flexibility index (Phi) is 4.32. The summed E-state index contributed by atoms with van der Waals surface area (Å²) >= 11 is 0. The van der Waals surface area contributed by atoms with Crippen LogP contribution < -0.4 is 0 Å². The standard InChI is InChI=1S/C28H27N3/c1-3-30-16-15-22-23(17-30)28(24-18-31(4-2)26-12-8-7-11-21(24)26)29-25-14-13-19-9-5-6-10-20(19)27(22)25/h5-14,18H,3-4,15-17H2,1-2H3. The Morgan fingerprint density at radius 1 is 0.839 bits per heavy atom. The SMILES string of the molecule is CCN1CCc2c(c(-c3cn(CC)c4ccccc34)nc3ccc4ccccc4c23)C1. The van der Waals surface area contributed by atoms with Crippen molar-refractivity contribution in [3.8, 4) is 11.3 Å². The average Bonchev–Trinajstić information content (AvgIpc) is 3.21. The number of aryl methyl sites for hydroxylation is 1. The number of hydrogen-bond donors (Lipinski definition) is 0. The van der Waals surface area contributed by atoms with Crippen molar-refractivity contribution in [1.29, 1.82) is 0 Å². The summed E-state index contributed by atoms with van der Waals surface area (Å²) in [6.07, 6.45) is 3.39. The molecule has 31 heavy (non-hydrogen) atoms. The number of hydrogen-bond acceptors (Lipinski definition) is 2. The molecule has 0 saturated heterocycles. The van der Waals surface area contributed by atoms with Crippen LogP contribution in [-0.4, -0.2) is 27.5 Å². The van der Waals surface area contributed by atoms with E-state index in [1.807, 2.05) is 0 Å². The number of pyridine rings is 1. The molecular formula is C28H27N3. The van der Waals surface area contributed by atoms with Gasteiger partial charge in [-0.1, -0.05) is 55.5 Å². The summed E-state index contributed by atoms with van der Waals surface area (Å²) < 4.78 is 2.35. The van der Waals surface area contributed by atoms with Gasteiger partial charge >= 0.3 is 0 Å². The molecule has 154 valence electrons. The summed E-state index contributed by atoms with van der Waals surface area (Å²) in [7, 11) is 0. The van der Waals surface area contributed by atoms with Gasteiger partial charge in [0.1, 0.15) is 0 Å². The van der Waals surface area contributed by atoms with E-state index < -0.39 is 0 Å². The van der Waals surface area contributed by atoms with Crippen molar-refractivity contribution in [1.82, 2.24) is 14.5 Å². The lowest BCUT2D eigenvalue weighted by molar-refractivity contribution is 0.269. The van der Waals surface area contributed by atoms with E-state index >= 15 is 0 Å². The summed E-state index contributed by atoms with van der Waals surface area (Å²) in [5.74, 6) is 0. The van der Waals surface area contributed by atoms with E-state index in [2.05, 4.69) is 90.2 Å². The van der Waals surface area contributed by atoms with Crippen LogP contribution in [0.4, 0.5) is 0 Å². The normalized spacial score (nSPS) is 14.5. The van der Waals surface area contributed by atoms with Gasteiger partial charge in [-0.3, -0.25) is 4.90 Å². The van der Waals surface area contributed by atoms with E-state index in [-0.39, 0.29) is 0 Å². The zero-order valence-electron chi connectivity index (χ0n) is 18.2. The molecule has 0 amide bonds. The zero-order chi connectivity index (χ0) is 20.9. The highest BCUT2D eigenvalue weighted by atomic mass is 15.1. The Morgan fingerprint density at radius 3 is 2.48 bits per heavy atom. The lowest BCUT2D eigenvalue weighted by atomic mass is 9.89. The van der Waals surface area contributed by atoms with Crippen LogP contribution in [0.3, 0.4) is 0 Å². The van der Waals surface area contributed by atoms with Gasteiger partial charge in [-0.2, -0.15) is 0 Å². The summed E-state index contributed by atoms with van der Waals surface area (Å²) in [5, 5.41) is 5.28. The van der Waals surface area contributed by atoms with Gasteiger partial charge in [0, 0.05) is 47.7 Å². The van der Waals surface area contributed by atoms with E-state index in [1.165, 1.54) is 49.4 Å². The van der Waals surface area contributed by atoms with E-state index in [4.69, 9.17) is 4.98 Å². The van der Waals surface area contributed by atoms with Gasteiger partial charge in [-0.05, 0) is 53.9 Å². The fraction of sp³-hybridized carbons (Fsp3) is 0.250. The largest absolute Gasteiger partial charge is 0.347 e. The molecule has 0 bridgehead atoms. The van der Waals surface area contributed by atoms with Crippen LogP contribution in [0.25, 0.3) is 43.8 Å². The molecule has 3 heteroatoms. The second kappa shape index (κ2) is 7.21. The number of rotatable bonds is 3. The minimum absolute atomic E-state index is 0.960. The molecule has 6 rings (SSSR count). The van der Waals surface area contributed by atoms with E-state index in [1.54, 1.807) is 0 Å². The monoisotopic (exact) mass is 405 g/mol. The van der Waals surface area contributed by atoms with Gasteiger partial charge in [0.25, 0.3) is 0 Å². The second-order valence-electron chi connectivity index (χ2n) is 8.56. The number of fused-ring (bicyclic) bond motifs is 6. The highest BCUT2D eigenvalue weighted by molar-refractivity contribution is 6.09. The molecule has 5 aromatic rings. The Hall–Kier alpha value is -3.17. The molecule has 3 aromatic carbocycles.